The molecule has 0 aliphatic rings. The van der Waals surface area contributed by atoms with Crippen molar-refractivity contribution < 1.29 is 23.5 Å². The third-order valence-corrected chi connectivity index (χ3v) is 3.88. The Balaban J connectivity index is 1.82. The summed E-state index contributed by atoms with van der Waals surface area (Å²) in [6.07, 6.45) is 1.69. The zero-order valence-electron chi connectivity index (χ0n) is 12.9. The third-order valence-electron chi connectivity index (χ3n) is 3.88. The largest absolute Gasteiger partial charge is 0.480 e. The quantitative estimate of drug-likeness (QED) is 0.666. The van der Waals surface area contributed by atoms with E-state index in [2.05, 4.69) is 10.3 Å². The van der Waals surface area contributed by atoms with Gasteiger partial charge >= 0.3 is 5.97 Å². The number of carbonyl (C=O) groups excluding carboxylic acids is 1. The van der Waals surface area contributed by atoms with Crippen LogP contribution in [0.4, 0.5) is 8.78 Å². The van der Waals surface area contributed by atoms with E-state index in [4.69, 9.17) is 0 Å². The number of rotatable bonds is 5. The van der Waals surface area contributed by atoms with E-state index < -0.39 is 35.1 Å². The molecule has 7 heteroatoms. The smallest absolute Gasteiger partial charge is 0.326 e. The molecule has 1 aromatic heterocycles. The van der Waals surface area contributed by atoms with Crippen molar-refractivity contribution >= 4 is 22.8 Å². The van der Waals surface area contributed by atoms with Crippen LogP contribution in [0, 0.1) is 11.6 Å². The molecule has 3 N–H and O–H groups in total. The summed E-state index contributed by atoms with van der Waals surface area (Å²) in [7, 11) is 0. The van der Waals surface area contributed by atoms with Gasteiger partial charge in [0, 0.05) is 29.6 Å². The Hall–Kier alpha value is -3.22. The summed E-state index contributed by atoms with van der Waals surface area (Å²) in [5.74, 6) is -4.03. The van der Waals surface area contributed by atoms with E-state index in [9.17, 15) is 23.5 Å². The molecule has 0 aliphatic heterocycles. The average Bonchev–Trinajstić information content (AvgIpc) is 2.97. The zero-order chi connectivity index (χ0) is 18.0. The predicted octanol–water partition coefficient (Wildman–Crippen LogP) is 2.87. The number of hydrogen-bond donors (Lipinski definition) is 3. The first kappa shape index (κ1) is 16.6. The molecule has 0 spiro atoms. The topological polar surface area (TPSA) is 82.2 Å². The summed E-state index contributed by atoms with van der Waals surface area (Å²) < 4.78 is 26.6. The van der Waals surface area contributed by atoms with E-state index in [0.29, 0.717) is 11.6 Å². The van der Waals surface area contributed by atoms with E-state index in [0.717, 1.165) is 23.0 Å². The molecule has 0 unspecified atom stereocenters. The second kappa shape index (κ2) is 6.72. The van der Waals surface area contributed by atoms with Gasteiger partial charge in [0.1, 0.15) is 17.7 Å². The third kappa shape index (κ3) is 3.50. The maximum absolute atomic E-state index is 13.7. The number of hydrogen-bond acceptors (Lipinski definition) is 2. The van der Waals surface area contributed by atoms with Crippen LogP contribution in [0.25, 0.3) is 10.9 Å². The number of carbonyl (C=O) groups is 2. The summed E-state index contributed by atoms with van der Waals surface area (Å²) in [5.41, 5.74) is 1.15. The molecule has 1 heterocycles. The first-order chi connectivity index (χ1) is 12.0. The van der Waals surface area contributed by atoms with Gasteiger partial charge in [0.25, 0.3) is 5.91 Å². The minimum absolute atomic E-state index is 0.0217. The van der Waals surface area contributed by atoms with Gasteiger partial charge in [-0.2, -0.15) is 0 Å². The molecular weight excluding hydrogens is 330 g/mol. The number of benzene rings is 2. The molecule has 1 atom stereocenters. The fraction of sp³-hybridized carbons (Fsp3) is 0.111. The number of H-pyrrole nitrogens is 1. The van der Waals surface area contributed by atoms with Crippen LogP contribution in [0.15, 0.2) is 48.7 Å². The molecule has 3 rings (SSSR count). The van der Waals surface area contributed by atoms with Gasteiger partial charge in [-0.15, -0.1) is 0 Å². The van der Waals surface area contributed by atoms with Crippen LogP contribution in [0.3, 0.4) is 0 Å². The Morgan fingerprint density at radius 3 is 2.64 bits per heavy atom. The van der Waals surface area contributed by atoms with Gasteiger partial charge in [-0.1, -0.05) is 18.2 Å². The number of amides is 1. The molecule has 0 aliphatic carbocycles. The molecule has 5 nitrogen and oxygen atoms in total. The first-order valence-electron chi connectivity index (χ1n) is 7.49. The standard InChI is InChI=1S/C18H14F2N2O3/c19-11-5-6-13(14(20)8-11)17(23)22-16(18(24)25)7-10-9-21-15-4-2-1-3-12(10)15/h1-6,8-9,16,21H,7H2,(H,22,23)(H,24,25)/t16-/m1/s1. The van der Waals surface area contributed by atoms with Gasteiger partial charge in [-0.3, -0.25) is 4.79 Å². The van der Waals surface area contributed by atoms with Gasteiger partial charge in [0.2, 0.25) is 0 Å². The van der Waals surface area contributed by atoms with Gasteiger partial charge in [0.15, 0.2) is 0 Å². The number of nitrogens with one attached hydrogen (secondary N) is 2. The van der Waals surface area contributed by atoms with Gasteiger partial charge in [-0.05, 0) is 23.8 Å². The Morgan fingerprint density at radius 1 is 1.16 bits per heavy atom. The van der Waals surface area contributed by atoms with Crippen molar-refractivity contribution in [3.8, 4) is 0 Å². The first-order valence-corrected chi connectivity index (χ1v) is 7.49. The van der Waals surface area contributed by atoms with Crippen molar-refractivity contribution in [3.05, 3.63) is 71.4 Å². The van der Waals surface area contributed by atoms with Crippen molar-refractivity contribution in [1.29, 1.82) is 0 Å². The number of para-hydroxylation sites is 1. The monoisotopic (exact) mass is 344 g/mol. The zero-order valence-corrected chi connectivity index (χ0v) is 12.9. The van der Waals surface area contributed by atoms with E-state index in [-0.39, 0.29) is 6.42 Å². The van der Waals surface area contributed by atoms with Crippen LogP contribution in [-0.4, -0.2) is 28.0 Å². The van der Waals surface area contributed by atoms with Crippen LogP contribution < -0.4 is 5.32 Å². The lowest BCUT2D eigenvalue weighted by molar-refractivity contribution is -0.139. The SMILES string of the molecule is O=C(N[C@H](Cc1c[nH]c2ccccc12)C(=O)O)c1ccc(F)cc1F. The summed E-state index contributed by atoms with van der Waals surface area (Å²) in [6.45, 7) is 0. The lowest BCUT2D eigenvalue weighted by Crippen LogP contribution is -2.42. The highest BCUT2D eigenvalue weighted by atomic mass is 19.1. The number of aromatic nitrogens is 1. The van der Waals surface area contributed by atoms with Crippen LogP contribution in [0.2, 0.25) is 0 Å². The summed E-state index contributed by atoms with van der Waals surface area (Å²) in [5, 5.41) is 12.5. The fourth-order valence-corrected chi connectivity index (χ4v) is 2.63. The number of carboxylic acid groups (broad SMARTS) is 1. The summed E-state index contributed by atoms with van der Waals surface area (Å²) in [4.78, 5) is 26.7. The summed E-state index contributed by atoms with van der Waals surface area (Å²) >= 11 is 0. The van der Waals surface area contributed by atoms with Crippen molar-refractivity contribution in [2.24, 2.45) is 0 Å². The molecule has 0 bridgehead atoms. The van der Waals surface area contributed by atoms with E-state index in [1.54, 1.807) is 6.20 Å². The molecule has 0 fully saturated rings. The van der Waals surface area contributed by atoms with Crippen LogP contribution in [0.1, 0.15) is 15.9 Å². The number of halogens is 2. The molecule has 0 saturated carbocycles. The van der Waals surface area contributed by atoms with E-state index in [1.807, 2.05) is 24.3 Å². The predicted molar refractivity (Wildman–Crippen MR) is 87.3 cm³/mol. The average molecular weight is 344 g/mol. The van der Waals surface area contributed by atoms with Crippen molar-refractivity contribution in [2.75, 3.05) is 0 Å². The second-order valence-corrected chi connectivity index (χ2v) is 5.55. The number of aromatic amines is 1. The number of carboxylic acids is 1. The molecule has 1 amide bonds. The van der Waals surface area contributed by atoms with Gasteiger partial charge < -0.3 is 15.4 Å². The molecular formula is C18H14F2N2O3. The molecule has 25 heavy (non-hydrogen) atoms. The second-order valence-electron chi connectivity index (χ2n) is 5.55. The normalized spacial score (nSPS) is 12.1. The Bertz CT molecular complexity index is 952. The molecule has 0 radical (unpaired) electrons. The lowest BCUT2D eigenvalue weighted by atomic mass is 10.0. The fourth-order valence-electron chi connectivity index (χ4n) is 2.63. The number of fused-ring (bicyclic) bond motifs is 1. The van der Waals surface area contributed by atoms with Gasteiger partial charge in [0.05, 0.1) is 5.56 Å². The van der Waals surface area contributed by atoms with Crippen molar-refractivity contribution in [2.45, 2.75) is 12.5 Å². The lowest BCUT2D eigenvalue weighted by Gasteiger charge is -2.14. The Labute approximate surface area is 141 Å². The highest BCUT2D eigenvalue weighted by Crippen LogP contribution is 2.19. The Morgan fingerprint density at radius 2 is 1.92 bits per heavy atom. The van der Waals surface area contributed by atoms with Crippen molar-refractivity contribution in [3.63, 3.8) is 0 Å². The maximum Gasteiger partial charge on any atom is 0.326 e. The highest BCUT2D eigenvalue weighted by Gasteiger charge is 2.24. The van der Waals surface area contributed by atoms with Crippen LogP contribution >= 0.6 is 0 Å². The van der Waals surface area contributed by atoms with Crippen LogP contribution in [0.5, 0.6) is 0 Å². The van der Waals surface area contributed by atoms with Crippen molar-refractivity contribution in [1.82, 2.24) is 10.3 Å². The minimum Gasteiger partial charge on any atom is -0.480 e. The maximum atomic E-state index is 13.7. The van der Waals surface area contributed by atoms with E-state index >= 15 is 0 Å². The van der Waals surface area contributed by atoms with Crippen LogP contribution in [-0.2, 0) is 11.2 Å². The molecule has 128 valence electrons. The minimum atomic E-state index is -1.25. The molecule has 0 saturated heterocycles. The summed E-state index contributed by atoms with van der Waals surface area (Å²) in [6, 6.07) is 8.58. The van der Waals surface area contributed by atoms with Gasteiger partial charge in [-0.25, -0.2) is 13.6 Å². The van der Waals surface area contributed by atoms with E-state index in [1.165, 1.54) is 0 Å². The Kier molecular flexibility index (Phi) is 4.47. The highest BCUT2D eigenvalue weighted by molar-refractivity contribution is 5.97. The molecule has 2 aromatic carbocycles. The molecule has 3 aromatic rings. The number of aliphatic carboxylic acids is 1.